The van der Waals surface area contributed by atoms with E-state index in [4.69, 9.17) is 5.73 Å². The van der Waals surface area contributed by atoms with E-state index in [2.05, 4.69) is 17.6 Å². The first-order chi connectivity index (χ1) is 9.48. The molecule has 0 spiro atoms. The summed E-state index contributed by atoms with van der Waals surface area (Å²) in [4.78, 5) is 11.9. The molecule has 0 aromatic heterocycles. The Morgan fingerprint density at radius 3 is 2.45 bits per heavy atom. The van der Waals surface area contributed by atoms with Crippen molar-refractivity contribution in [3.8, 4) is 0 Å². The number of benzene rings is 1. The Bertz CT molecular complexity index is 447. The Morgan fingerprint density at radius 1 is 1.30 bits per heavy atom. The fraction of sp³-hybridized carbons (Fsp3) is 0.562. The molecule has 110 valence electrons. The van der Waals surface area contributed by atoms with Gasteiger partial charge in [-0.15, -0.1) is 0 Å². The van der Waals surface area contributed by atoms with Crippen LogP contribution >= 0.6 is 0 Å². The van der Waals surface area contributed by atoms with Crippen LogP contribution in [0, 0.1) is 5.41 Å². The standard InChI is InChI=1S/C16H25N3O/c1-12(17)13-5-7-14(8-6-13)19-15(20)18-11-16(2)9-3-4-10-16/h5-8,12H,3-4,9-11,17H2,1-2H3,(H2,18,19,20). The van der Waals surface area contributed by atoms with Gasteiger partial charge in [0.2, 0.25) is 0 Å². The third-order valence-electron chi connectivity index (χ3n) is 4.18. The predicted octanol–water partition coefficient (Wildman–Crippen LogP) is 3.41. The lowest BCUT2D eigenvalue weighted by Crippen LogP contribution is -2.36. The number of carbonyl (C=O) groups excluding carboxylic acids is 1. The Hall–Kier alpha value is -1.55. The molecule has 1 aliphatic rings. The van der Waals surface area contributed by atoms with Gasteiger partial charge in [-0.2, -0.15) is 0 Å². The molecule has 2 amide bonds. The first-order valence-corrected chi connectivity index (χ1v) is 7.39. The van der Waals surface area contributed by atoms with Gasteiger partial charge in [-0.25, -0.2) is 4.79 Å². The number of hydrogen-bond donors (Lipinski definition) is 3. The molecule has 0 radical (unpaired) electrons. The molecule has 1 unspecified atom stereocenters. The fourth-order valence-corrected chi connectivity index (χ4v) is 2.74. The number of rotatable bonds is 4. The molecule has 1 aromatic rings. The number of nitrogens with one attached hydrogen (secondary N) is 2. The van der Waals surface area contributed by atoms with Crippen LogP contribution in [0.5, 0.6) is 0 Å². The minimum absolute atomic E-state index is 0.0141. The molecular weight excluding hydrogens is 250 g/mol. The summed E-state index contributed by atoms with van der Waals surface area (Å²) >= 11 is 0. The average molecular weight is 275 g/mol. The lowest BCUT2D eigenvalue weighted by Gasteiger charge is -2.23. The van der Waals surface area contributed by atoms with Gasteiger partial charge in [0.25, 0.3) is 0 Å². The summed E-state index contributed by atoms with van der Waals surface area (Å²) in [7, 11) is 0. The highest BCUT2D eigenvalue weighted by Crippen LogP contribution is 2.36. The molecule has 1 fully saturated rings. The van der Waals surface area contributed by atoms with Crippen LogP contribution < -0.4 is 16.4 Å². The highest BCUT2D eigenvalue weighted by Gasteiger charge is 2.28. The van der Waals surface area contributed by atoms with E-state index >= 15 is 0 Å². The van der Waals surface area contributed by atoms with Crippen molar-refractivity contribution < 1.29 is 4.79 Å². The zero-order chi connectivity index (χ0) is 14.6. The van der Waals surface area contributed by atoms with E-state index in [9.17, 15) is 4.79 Å². The molecule has 1 aromatic carbocycles. The topological polar surface area (TPSA) is 67.1 Å². The second-order valence-electron chi connectivity index (χ2n) is 6.24. The van der Waals surface area contributed by atoms with Gasteiger partial charge < -0.3 is 16.4 Å². The first-order valence-electron chi connectivity index (χ1n) is 7.39. The summed E-state index contributed by atoms with van der Waals surface area (Å²) in [6.07, 6.45) is 4.96. The second kappa shape index (κ2) is 6.27. The Morgan fingerprint density at radius 2 is 1.90 bits per heavy atom. The SMILES string of the molecule is CC(N)c1ccc(NC(=O)NCC2(C)CCCC2)cc1. The van der Waals surface area contributed by atoms with Gasteiger partial charge in [-0.05, 0) is 42.9 Å². The zero-order valence-electron chi connectivity index (χ0n) is 12.4. The minimum atomic E-state index is -0.133. The van der Waals surface area contributed by atoms with Crippen LogP contribution in [-0.4, -0.2) is 12.6 Å². The van der Waals surface area contributed by atoms with Crippen LogP contribution in [0.3, 0.4) is 0 Å². The summed E-state index contributed by atoms with van der Waals surface area (Å²) in [5, 5.41) is 5.83. The van der Waals surface area contributed by atoms with Crippen molar-refractivity contribution in [1.29, 1.82) is 0 Å². The quantitative estimate of drug-likeness (QED) is 0.788. The van der Waals surface area contributed by atoms with Crippen molar-refractivity contribution in [1.82, 2.24) is 5.32 Å². The molecule has 2 rings (SSSR count). The van der Waals surface area contributed by atoms with Crippen molar-refractivity contribution >= 4 is 11.7 Å². The van der Waals surface area contributed by atoms with Crippen LogP contribution in [0.4, 0.5) is 10.5 Å². The zero-order valence-corrected chi connectivity index (χ0v) is 12.4. The molecule has 1 aliphatic carbocycles. The highest BCUT2D eigenvalue weighted by atomic mass is 16.2. The molecule has 4 nitrogen and oxygen atoms in total. The number of hydrogen-bond acceptors (Lipinski definition) is 2. The van der Waals surface area contributed by atoms with E-state index < -0.39 is 0 Å². The fourth-order valence-electron chi connectivity index (χ4n) is 2.74. The summed E-state index contributed by atoms with van der Waals surface area (Å²) < 4.78 is 0. The number of nitrogens with two attached hydrogens (primary N) is 1. The molecule has 4 heteroatoms. The molecule has 1 saturated carbocycles. The molecule has 0 saturated heterocycles. The first kappa shape index (κ1) is 14.9. The molecule has 4 N–H and O–H groups in total. The predicted molar refractivity (Wildman–Crippen MR) is 82.6 cm³/mol. The Kier molecular flexibility index (Phi) is 4.65. The van der Waals surface area contributed by atoms with Crippen molar-refractivity contribution in [2.24, 2.45) is 11.1 Å². The van der Waals surface area contributed by atoms with Crippen molar-refractivity contribution in [2.75, 3.05) is 11.9 Å². The third-order valence-corrected chi connectivity index (χ3v) is 4.18. The Labute approximate surface area is 121 Å². The van der Waals surface area contributed by atoms with E-state index in [-0.39, 0.29) is 17.5 Å². The second-order valence-corrected chi connectivity index (χ2v) is 6.24. The van der Waals surface area contributed by atoms with Gasteiger partial charge in [0.15, 0.2) is 0 Å². The van der Waals surface area contributed by atoms with Crippen molar-refractivity contribution in [2.45, 2.75) is 45.6 Å². The van der Waals surface area contributed by atoms with Gasteiger partial charge in [0.1, 0.15) is 0 Å². The average Bonchev–Trinajstić information content (AvgIpc) is 2.85. The summed E-state index contributed by atoms with van der Waals surface area (Å²) in [6.45, 7) is 4.94. The minimum Gasteiger partial charge on any atom is -0.337 e. The maximum Gasteiger partial charge on any atom is 0.319 e. The maximum atomic E-state index is 11.9. The smallest absolute Gasteiger partial charge is 0.319 e. The van der Waals surface area contributed by atoms with Crippen LogP contribution in [0.1, 0.15) is 51.1 Å². The van der Waals surface area contributed by atoms with Gasteiger partial charge in [0, 0.05) is 18.3 Å². The van der Waals surface area contributed by atoms with Crippen molar-refractivity contribution in [3.05, 3.63) is 29.8 Å². The largest absolute Gasteiger partial charge is 0.337 e. The van der Waals surface area contributed by atoms with E-state index in [1.54, 1.807) is 0 Å². The normalized spacial score (nSPS) is 18.6. The van der Waals surface area contributed by atoms with Crippen LogP contribution in [0.15, 0.2) is 24.3 Å². The van der Waals surface area contributed by atoms with Crippen LogP contribution in [0.25, 0.3) is 0 Å². The lowest BCUT2D eigenvalue weighted by molar-refractivity contribution is 0.242. The van der Waals surface area contributed by atoms with Gasteiger partial charge in [-0.3, -0.25) is 0 Å². The number of amides is 2. The summed E-state index contributed by atoms with van der Waals surface area (Å²) in [5.41, 5.74) is 7.93. The maximum absolute atomic E-state index is 11.9. The molecular formula is C16H25N3O. The van der Waals surface area contributed by atoms with E-state index in [0.29, 0.717) is 0 Å². The summed E-state index contributed by atoms with van der Waals surface area (Å²) in [6, 6.07) is 7.54. The van der Waals surface area contributed by atoms with Gasteiger partial charge >= 0.3 is 6.03 Å². The van der Waals surface area contributed by atoms with Crippen LogP contribution in [0.2, 0.25) is 0 Å². The number of carbonyl (C=O) groups is 1. The van der Waals surface area contributed by atoms with Gasteiger partial charge in [-0.1, -0.05) is 31.9 Å². The molecule has 0 heterocycles. The molecule has 0 bridgehead atoms. The van der Waals surface area contributed by atoms with E-state index in [1.165, 1.54) is 25.7 Å². The molecule has 20 heavy (non-hydrogen) atoms. The van der Waals surface area contributed by atoms with E-state index in [0.717, 1.165) is 17.8 Å². The monoisotopic (exact) mass is 275 g/mol. The molecule has 0 aliphatic heterocycles. The molecule has 1 atom stereocenters. The van der Waals surface area contributed by atoms with Crippen LogP contribution in [-0.2, 0) is 0 Å². The number of anilines is 1. The highest BCUT2D eigenvalue weighted by molar-refractivity contribution is 5.89. The Balaban J connectivity index is 1.82. The van der Waals surface area contributed by atoms with E-state index in [1.807, 2.05) is 31.2 Å². The van der Waals surface area contributed by atoms with Gasteiger partial charge in [0.05, 0.1) is 0 Å². The number of urea groups is 1. The third kappa shape index (κ3) is 3.97. The lowest BCUT2D eigenvalue weighted by atomic mass is 9.89. The summed E-state index contributed by atoms with van der Waals surface area (Å²) in [5.74, 6) is 0. The van der Waals surface area contributed by atoms with Crippen molar-refractivity contribution in [3.63, 3.8) is 0 Å².